The molecular formula is C21H23F3N6O2. The number of rotatable bonds is 5. The fraction of sp³-hybridized carbons (Fsp3) is 0.476. The standard InChI is InChI=1S/C21H23F3N6O2/c22-11-7-15(23)18(16(24)8-11)28-21-27-17-9-25-20(26-12-1-3-14(31)4-2-12)29-19(17)30(21)13-5-6-32-10-13/h7-9,12-14,31H,1-6,10H2,(H,27,28)(H,25,26,29)/i1D,2D2,3D2,4D,12D. The lowest BCUT2D eigenvalue weighted by Crippen LogP contribution is -2.29. The van der Waals surface area contributed by atoms with E-state index in [1.165, 1.54) is 10.8 Å². The summed E-state index contributed by atoms with van der Waals surface area (Å²) in [5.41, 5.74) is -0.478. The van der Waals surface area contributed by atoms with Gasteiger partial charge < -0.3 is 20.5 Å². The Kier molecular flexibility index (Phi) is 3.81. The van der Waals surface area contributed by atoms with E-state index in [4.69, 9.17) is 14.3 Å². The van der Waals surface area contributed by atoms with E-state index in [1.807, 2.05) is 0 Å². The Morgan fingerprint density at radius 2 is 2.00 bits per heavy atom. The fourth-order valence-corrected chi connectivity index (χ4v) is 3.50. The summed E-state index contributed by atoms with van der Waals surface area (Å²) in [6, 6.07) is -2.24. The van der Waals surface area contributed by atoms with Crippen molar-refractivity contribution in [2.24, 2.45) is 0 Å². The SMILES string of the molecule is [2H]C1C(O)C([2H])([2H])C([2H])C([2H])(Nc2ncc3nc(Nc4c(F)cc(F)cc4F)n(C4CCOC4)c3n2)C1([2H])[2H]. The van der Waals surface area contributed by atoms with Gasteiger partial charge in [0, 0.05) is 33.0 Å². The normalized spacial score (nSPS) is 36.8. The van der Waals surface area contributed by atoms with Crippen molar-refractivity contribution in [3.8, 4) is 0 Å². The molecule has 1 aromatic carbocycles. The average molecular weight is 455 g/mol. The highest BCUT2D eigenvalue weighted by atomic mass is 19.1. The maximum atomic E-state index is 14.4. The Hall–Kier alpha value is -2.92. The molecule has 11 heteroatoms. The van der Waals surface area contributed by atoms with Crippen molar-refractivity contribution < 1.29 is 32.6 Å². The van der Waals surface area contributed by atoms with E-state index < -0.39 is 72.8 Å². The molecule has 32 heavy (non-hydrogen) atoms. The molecule has 5 rings (SSSR count). The highest BCUT2D eigenvalue weighted by molar-refractivity contribution is 5.76. The lowest BCUT2D eigenvalue weighted by molar-refractivity contribution is 0.126. The zero-order valence-electron chi connectivity index (χ0n) is 23.4. The smallest absolute Gasteiger partial charge is 0.224 e. The van der Waals surface area contributed by atoms with Crippen LogP contribution in [-0.4, -0.2) is 50.0 Å². The number of halogens is 3. The van der Waals surface area contributed by atoms with Crippen LogP contribution in [0.4, 0.5) is 30.8 Å². The Morgan fingerprint density at radius 3 is 2.75 bits per heavy atom. The number of ether oxygens (including phenoxy) is 1. The van der Waals surface area contributed by atoms with Gasteiger partial charge in [-0.2, -0.15) is 4.98 Å². The first-order valence-electron chi connectivity index (χ1n) is 13.4. The van der Waals surface area contributed by atoms with E-state index in [1.54, 1.807) is 0 Å². The van der Waals surface area contributed by atoms with Gasteiger partial charge in [0.1, 0.15) is 17.0 Å². The van der Waals surface area contributed by atoms with Crippen molar-refractivity contribution in [1.29, 1.82) is 0 Å². The summed E-state index contributed by atoms with van der Waals surface area (Å²) in [6.07, 6.45) is -10.6. The van der Waals surface area contributed by atoms with Crippen molar-refractivity contribution in [2.45, 2.75) is 50.1 Å². The van der Waals surface area contributed by atoms with E-state index in [-0.39, 0.29) is 23.7 Å². The van der Waals surface area contributed by atoms with Crippen LogP contribution >= 0.6 is 0 Å². The zero-order chi connectivity index (χ0) is 28.5. The number of hydrogen-bond donors (Lipinski definition) is 3. The summed E-state index contributed by atoms with van der Waals surface area (Å²) < 4.78 is 107. The Bertz CT molecular complexity index is 1400. The number of hydrogen-bond acceptors (Lipinski definition) is 7. The van der Waals surface area contributed by atoms with Crippen molar-refractivity contribution in [3.63, 3.8) is 0 Å². The first-order valence-corrected chi connectivity index (χ1v) is 9.73. The highest BCUT2D eigenvalue weighted by Gasteiger charge is 2.27. The van der Waals surface area contributed by atoms with Crippen LogP contribution in [0.15, 0.2) is 18.3 Å². The van der Waals surface area contributed by atoms with Crippen LogP contribution in [0.2, 0.25) is 0 Å². The Morgan fingerprint density at radius 1 is 1.19 bits per heavy atom. The predicted molar refractivity (Wildman–Crippen MR) is 111 cm³/mol. The third-order valence-corrected chi connectivity index (χ3v) is 4.99. The highest BCUT2D eigenvalue weighted by Crippen LogP contribution is 2.32. The second-order valence-corrected chi connectivity index (χ2v) is 7.20. The molecule has 5 atom stereocenters. The van der Waals surface area contributed by atoms with Crippen LogP contribution in [-0.2, 0) is 4.74 Å². The number of aromatic nitrogens is 4. The molecule has 8 nitrogen and oxygen atoms in total. The van der Waals surface area contributed by atoms with Gasteiger partial charge in [-0.25, -0.2) is 23.1 Å². The van der Waals surface area contributed by atoms with Gasteiger partial charge in [-0.05, 0) is 32.0 Å². The van der Waals surface area contributed by atoms with Crippen molar-refractivity contribution in [2.75, 3.05) is 23.8 Å². The van der Waals surface area contributed by atoms with Crippen LogP contribution < -0.4 is 10.6 Å². The molecule has 0 bridgehead atoms. The number of nitrogens with one attached hydrogen (secondary N) is 2. The average Bonchev–Trinajstić information content (AvgIpc) is 3.51. The predicted octanol–water partition coefficient (Wildman–Crippen LogP) is 3.66. The molecule has 2 aliphatic rings. The molecule has 2 fully saturated rings. The molecule has 0 amide bonds. The van der Waals surface area contributed by atoms with Crippen LogP contribution in [0.3, 0.4) is 0 Å². The number of aliphatic hydroxyl groups excluding tert-OH is 1. The maximum absolute atomic E-state index is 14.4. The Balaban J connectivity index is 1.59. The number of anilines is 3. The summed E-state index contributed by atoms with van der Waals surface area (Å²) in [4.78, 5) is 12.6. The third-order valence-electron chi connectivity index (χ3n) is 4.99. The monoisotopic (exact) mass is 455 g/mol. The van der Waals surface area contributed by atoms with Crippen LogP contribution in [0.1, 0.15) is 47.6 Å². The molecule has 170 valence electrons. The topological polar surface area (TPSA) is 97.1 Å². The summed E-state index contributed by atoms with van der Waals surface area (Å²) >= 11 is 0. The maximum Gasteiger partial charge on any atom is 0.224 e. The molecule has 2 aromatic heterocycles. The van der Waals surface area contributed by atoms with Crippen LogP contribution in [0, 0.1) is 17.5 Å². The molecule has 1 saturated heterocycles. The van der Waals surface area contributed by atoms with Crippen molar-refractivity contribution >= 4 is 28.7 Å². The van der Waals surface area contributed by atoms with Gasteiger partial charge in [-0.1, -0.05) is 0 Å². The fourth-order valence-electron chi connectivity index (χ4n) is 3.50. The van der Waals surface area contributed by atoms with E-state index in [2.05, 4.69) is 25.6 Å². The molecular weight excluding hydrogens is 425 g/mol. The molecule has 1 saturated carbocycles. The number of aliphatic hydroxyl groups is 1. The van der Waals surface area contributed by atoms with Crippen molar-refractivity contribution in [1.82, 2.24) is 19.5 Å². The number of nitrogens with zero attached hydrogens (tertiary/aromatic N) is 4. The van der Waals surface area contributed by atoms with Gasteiger partial charge in [0.2, 0.25) is 11.9 Å². The lowest BCUT2D eigenvalue weighted by atomic mass is 9.93. The third kappa shape index (κ3) is 4.09. The van der Waals surface area contributed by atoms with E-state index in [0.29, 0.717) is 25.2 Å². The van der Waals surface area contributed by atoms with Gasteiger partial charge >= 0.3 is 0 Å². The van der Waals surface area contributed by atoms with Gasteiger partial charge in [0.15, 0.2) is 17.3 Å². The minimum absolute atomic E-state index is 0.0698. The van der Waals surface area contributed by atoms with E-state index >= 15 is 0 Å². The number of imidazole rings is 1. The molecule has 3 N–H and O–H groups in total. The van der Waals surface area contributed by atoms with E-state index in [0.717, 1.165) is 0 Å². The molecule has 1 aliphatic heterocycles. The largest absolute Gasteiger partial charge is 0.393 e. The van der Waals surface area contributed by atoms with Gasteiger partial charge in [0.05, 0.1) is 26.3 Å². The van der Waals surface area contributed by atoms with E-state index in [9.17, 15) is 18.3 Å². The zero-order valence-corrected chi connectivity index (χ0v) is 16.4. The molecule has 0 spiro atoms. The quantitative estimate of drug-likeness (QED) is 0.540. The molecule has 1 aliphatic carbocycles. The second-order valence-electron chi connectivity index (χ2n) is 7.20. The summed E-state index contributed by atoms with van der Waals surface area (Å²) in [7, 11) is 0. The van der Waals surface area contributed by atoms with Crippen LogP contribution in [0.5, 0.6) is 0 Å². The first kappa shape index (κ1) is 14.3. The molecule has 3 aromatic rings. The van der Waals surface area contributed by atoms with Gasteiger partial charge in [-0.15, -0.1) is 0 Å². The number of benzene rings is 1. The van der Waals surface area contributed by atoms with Gasteiger partial charge in [-0.3, -0.25) is 4.57 Å². The summed E-state index contributed by atoms with van der Waals surface area (Å²) in [5.74, 6) is -4.03. The lowest BCUT2D eigenvalue weighted by Gasteiger charge is -2.26. The summed E-state index contributed by atoms with van der Waals surface area (Å²) in [6.45, 7) is 0.539. The minimum atomic E-state index is -2.92. The molecule has 5 unspecified atom stereocenters. The molecule has 3 heterocycles. The minimum Gasteiger partial charge on any atom is -0.393 e. The van der Waals surface area contributed by atoms with Crippen molar-refractivity contribution in [3.05, 3.63) is 35.8 Å². The first-order chi connectivity index (χ1) is 18.2. The number of fused-ring (bicyclic) bond motifs is 1. The molecule has 0 radical (unpaired) electrons. The Labute approximate surface area is 191 Å². The second kappa shape index (κ2) is 8.55. The van der Waals surface area contributed by atoms with Gasteiger partial charge in [0.25, 0.3) is 0 Å². The summed E-state index contributed by atoms with van der Waals surface area (Å²) in [5, 5.41) is 15.0. The van der Waals surface area contributed by atoms with Crippen LogP contribution in [0.25, 0.3) is 11.2 Å².